The van der Waals surface area contributed by atoms with Gasteiger partial charge in [0.05, 0.1) is 17.3 Å². The topological polar surface area (TPSA) is 34.9 Å². The van der Waals surface area contributed by atoms with Crippen molar-refractivity contribution in [2.45, 2.75) is 13.8 Å². The van der Waals surface area contributed by atoms with Gasteiger partial charge in [-0.25, -0.2) is 8.78 Å². The van der Waals surface area contributed by atoms with Crippen LogP contribution in [0.3, 0.4) is 0 Å². The number of hydrogen-bond acceptors (Lipinski definition) is 2. The molecule has 0 saturated heterocycles. The lowest BCUT2D eigenvalue weighted by atomic mass is 10.0. The standard InChI is InChI=1S/C13H12F2N2O/c1-7-4-5-9(12(15)11(7)14)13(18)10-6-16-17(3)8(10)2/h4-6H,1-3H3. The molecule has 0 spiro atoms. The fourth-order valence-electron chi connectivity index (χ4n) is 1.69. The first-order chi connectivity index (χ1) is 8.43. The van der Waals surface area contributed by atoms with E-state index >= 15 is 0 Å². The molecule has 0 atom stereocenters. The molecule has 0 fully saturated rings. The fourth-order valence-corrected chi connectivity index (χ4v) is 1.69. The van der Waals surface area contributed by atoms with Crippen molar-refractivity contribution in [2.24, 2.45) is 7.05 Å². The van der Waals surface area contributed by atoms with Crippen LogP contribution >= 0.6 is 0 Å². The molecule has 0 unspecified atom stereocenters. The summed E-state index contributed by atoms with van der Waals surface area (Å²) in [5, 5.41) is 3.91. The summed E-state index contributed by atoms with van der Waals surface area (Å²) in [7, 11) is 1.68. The molecular formula is C13H12F2N2O. The molecule has 2 rings (SSSR count). The van der Waals surface area contributed by atoms with Gasteiger partial charge in [-0.05, 0) is 25.5 Å². The van der Waals surface area contributed by atoms with Crippen LogP contribution in [0.5, 0.6) is 0 Å². The van der Waals surface area contributed by atoms with Crippen molar-refractivity contribution in [3.05, 3.63) is 52.3 Å². The number of ketones is 1. The van der Waals surface area contributed by atoms with Gasteiger partial charge in [-0.1, -0.05) is 6.07 Å². The van der Waals surface area contributed by atoms with Gasteiger partial charge < -0.3 is 0 Å². The molecule has 0 aliphatic carbocycles. The van der Waals surface area contributed by atoms with Gasteiger partial charge in [-0.15, -0.1) is 0 Å². The molecule has 0 aliphatic heterocycles. The van der Waals surface area contributed by atoms with E-state index in [0.29, 0.717) is 5.69 Å². The average molecular weight is 250 g/mol. The lowest BCUT2D eigenvalue weighted by Gasteiger charge is -2.05. The maximum atomic E-state index is 13.7. The molecule has 1 aromatic carbocycles. The number of aromatic nitrogens is 2. The van der Waals surface area contributed by atoms with E-state index < -0.39 is 17.4 Å². The maximum absolute atomic E-state index is 13.7. The Morgan fingerprint density at radius 3 is 2.39 bits per heavy atom. The van der Waals surface area contributed by atoms with Gasteiger partial charge in [0, 0.05) is 12.7 Å². The van der Waals surface area contributed by atoms with E-state index in [4.69, 9.17) is 0 Å². The Balaban J connectivity index is 2.54. The molecule has 18 heavy (non-hydrogen) atoms. The highest BCUT2D eigenvalue weighted by Crippen LogP contribution is 2.20. The van der Waals surface area contributed by atoms with Gasteiger partial charge in [-0.2, -0.15) is 5.10 Å². The zero-order chi connectivity index (χ0) is 13.4. The lowest BCUT2D eigenvalue weighted by Crippen LogP contribution is -2.08. The van der Waals surface area contributed by atoms with Crippen LogP contribution in [0.1, 0.15) is 27.2 Å². The Morgan fingerprint density at radius 1 is 1.17 bits per heavy atom. The predicted octanol–water partition coefficient (Wildman–Crippen LogP) is 2.55. The second kappa shape index (κ2) is 4.33. The fraction of sp³-hybridized carbons (Fsp3) is 0.231. The van der Waals surface area contributed by atoms with E-state index in [-0.39, 0.29) is 16.7 Å². The number of nitrogens with zero attached hydrogens (tertiary/aromatic N) is 2. The first-order valence-corrected chi connectivity index (χ1v) is 5.41. The van der Waals surface area contributed by atoms with Crippen molar-refractivity contribution in [1.82, 2.24) is 9.78 Å². The quantitative estimate of drug-likeness (QED) is 0.768. The van der Waals surface area contributed by atoms with Crippen LogP contribution in [-0.4, -0.2) is 15.6 Å². The third-order valence-corrected chi connectivity index (χ3v) is 3.00. The van der Waals surface area contributed by atoms with Gasteiger partial charge in [0.15, 0.2) is 17.4 Å². The van der Waals surface area contributed by atoms with Crippen molar-refractivity contribution >= 4 is 5.78 Å². The second-order valence-corrected chi connectivity index (χ2v) is 4.15. The number of halogens is 2. The van der Waals surface area contributed by atoms with Gasteiger partial charge in [0.2, 0.25) is 0 Å². The van der Waals surface area contributed by atoms with Crippen LogP contribution in [0.25, 0.3) is 0 Å². The molecule has 0 radical (unpaired) electrons. The van der Waals surface area contributed by atoms with Crippen LogP contribution in [0.15, 0.2) is 18.3 Å². The van der Waals surface area contributed by atoms with Crippen molar-refractivity contribution in [2.75, 3.05) is 0 Å². The van der Waals surface area contributed by atoms with E-state index in [9.17, 15) is 13.6 Å². The first kappa shape index (κ1) is 12.4. The first-order valence-electron chi connectivity index (χ1n) is 5.41. The van der Waals surface area contributed by atoms with Crippen molar-refractivity contribution in [3.63, 3.8) is 0 Å². The highest BCUT2D eigenvalue weighted by molar-refractivity contribution is 6.09. The van der Waals surface area contributed by atoms with E-state index in [1.807, 2.05) is 0 Å². The number of rotatable bonds is 2. The maximum Gasteiger partial charge on any atom is 0.199 e. The highest BCUT2D eigenvalue weighted by atomic mass is 19.2. The van der Waals surface area contributed by atoms with Crippen LogP contribution in [0.2, 0.25) is 0 Å². The van der Waals surface area contributed by atoms with Crippen LogP contribution in [0.4, 0.5) is 8.78 Å². The number of carbonyl (C=O) groups excluding carboxylic acids is 1. The molecule has 1 aromatic heterocycles. The molecule has 0 bridgehead atoms. The summed E-state index contributed by atoms with van der Waals surface area (Å²) in [4.78, 5) is 12.1. The monoisotopic (exact) mass is 250 g/mol. The van der Waals surface area contributed by atoms with E-state index in [1.165, 1.54) is 29.9 Å². The minimum Gasteiger partial charge on any atom is -0.288 e. The number of carbonyl (C=O) groups is 1. The number of aryl methyl sites for hydroxylation is 2. The summed E-state index contributed by atoms with van der Waals surface area (Å²) < 4.78 is 28.6. The Kier molecular flexibility index (Phi) is 2.98. The molecule has 1 heterocycles. The Morgan fingerprint density at radius 2 is 1.83 bits per heavy atom. The smallest absolute Gasteiger partial charge is 0.199 e. The molecule has 5 heteroatoms. The second-order valence-electron chi connectivity index (χ2n) is 4.15. The van der Waals surface area contributed by atoms with Gasteiger partial charge >= 0.3 is 0 Å². The Bertz CT molecular complexity index is 632. The minimum absolute atomic E-state index is 0.173. The van der Waals surface area contributed by atoms with Gasteiger partial charge in [0.25, 0.3) is 0 Å². The molecule has 2 aromatic rings. The molecule has 0 amide bonds. The summed E-state index contributed by atoms with van der Waals surface area (Å²) in [5.41, 5.74) is 0.793. The summed E-state index contributed by atoms with van der Waals surface area (Å²) in [6.45, 7) is 3.14. The van der Waals surface area contributed by atoms with Crippen molar-refractivity contribution in [3.8, 4) is 0 Å². The van der Waals surface area contributed by atoms with Crippen molar-refractivity contribution < 1.29 is 13.6 Å². The van der Waals surface area contributed by atoms with Crippen molar-refractivity contribution in [1.29, 1.82) is 0 Å². The minimum atomic E-state index is -1.11. The van der Waals surface area contributed by atoms with Crippen LogP contribution in [-0.2, 0) is 7.05 Å². The Labute approximate surface area is 103 Å². The van der Waals surface area contributed by atoms with Gasteiger partial charge in [-0.3, -0.25) is 9.48 Å². The zero-order valence-electron chi connectivity index (χ0n) is 10.3. The van der Waals surface area contributed by atoms with Gasteiger partial charge in [0.1, 0.15) is 0 Å². The molecular weight excluding hydrogens is 238 g/mol. The number of benzene rings is 1. The summed E-state index contributed by atoms with van der Waals surface area (Å²) >= 11 is 0. The molecule has 0 N–H and O–H groups in total. The third kappa shape index (κ3) is 1.81. The van der Waals surface area contributed by atoms with E-state index in [1.54, 1.807) is 14.0 Å². The summed E-state index contributed by atoms with van der Waals surface area (Å²) in [5.74, 6) is -2.65. The summed E-state index contributed by atoms with van der Waals surface area (Å²) in [6.07, 6.45) is 1.36. The average Bonchev–Trinajstić information content (AvgIpc) is 2.67. The molecule has 0 saturated carbocycles. The largest absolute Gasteiger partial charge is 0.288 e. The normalized spacial score (nSPS) is 10.7. The van der Waals surface area contributed by atoms with E-state index in [2.05, 4.69) is 5.10 Å². The Hall–Kier alpha value is -2.04. The van der Waals surface area contributed by atoms with E-state index in [0.717, 1.165) is 0 Å². The SMILES string of the molecule is Cc1ccc(C(=O)c2cnn(C)c2C)c(F)c1F. The molecule has 3 nitrogen and oxygen atoms in total. The molecule has 94 valence electrons. The lowest BCUT2D eigenvalue weighted by molar-refractivity contribution is 0.103. The predicted molar refractivity (Wildman–Crippen MR) is 62.5 cm³/mol. The van der Waals surface area contributed by atoms with Crippen LogP contribution < -0.4 is 0 Å². The highest BCUT2D eigenvalue weighted by Gasteiger charge is 2.21. The molecule has 0 aliphatic rings. The zero-order valence-corrected chi connectivity index (χ0v) is 10.3. The van der Waals surface area contributed by atoms with Crippen LogP contribution in [0, 0.1) is 25.5 Å². The third-order valence-electron chi connectivity index (χ3n) is 3.00. The summed E-state index contributed by atoms with van der Waals surface area (Å²) in [6, 6.07) is 2.68. The number of hydrogen-bond donors (Lipinski definition) is 0.